The second-order valence-electron chi connectivity index (χ2n) is 5.83. The molecule has 0 saturated carbocycles. The fourth-order valence-corrected chi connectivity index (χ4v) is 3.42. The largest absolute Gasteiger partial charge is 0.378 e. The molecule has 0 bridgehead atoms. The minimum Gasteiger partial charge on any atom is -0.378 e. The second kappa shape index (κ2) is 6.71. The molecule has 0 aromatic rings. The van der Waals surface area contributed by atoms with E-state index in [1.807, 2.05) is 6.92 Å². The Hall–Kier alpha value is -0.610. The molecule has 0 radical (unpaired) electrons. The Bertz CT molecular complexity index is 293. The molecule has 1 amide bonds. The molecule has 1 N–H and O–H groups in total. The number of hydrogen-bond acceptors (Lipinski definition) is 3. The van der Waals surface area contributed by atoms with Gasteiger partial charge in [-0.1, -0.05) is 6.92 Å². The molecule has 0 unspecified atom stereocenters. The molecule has 2 rings (SSSR count). The molecule has 2 aliphatic heterocycles. The standard InChI is InChI=1S/C15H28N2O2/c1-3-15(7-9-16-10-8-15)14(18)17-11-5-13(6-12-17)19-4-2/h13,16H,3-12H2,1-2H3. The maximum Gasteiger partial charge on any atom is 0.228 e. The smallest absolute Gasteiger partial charge is 0.228 e. The number of nitrogens with one attached hydrogen (secondary N) is 1. The monoisotopic (exact) mass is 268 g/mol. The van der Waals surface area contributed by atoms with Crippen molar-refractivity contribution in [3.8, 4) is 0 Å². The van der Waals surface area contributed by atoms with Crippen LogP contribution in [-0.4, -0.2) is 49.7 Å². The second-order valence-corrected chi connectivity index (χ2v) is 5.83. The van der Waals surface area contributed by atoms with Crippen molar-refractivity contribution < 1.29 is 9.53 Å². The van der Waals surface area contributed by atoms with Gasteiger partial charge in [-0.15, -0.1) is 0 Å². The Morgan fingerprint density at radius 2 is 1.89 bits per heavy atom. The third kappa shape index (κ3) is 3.29. The third-order valence-electron chi connectivity index (χ3n) is 4.82. The van der Waals surface area contributed by atoms with E-state index in [0.29, 0.717) is 12.0 Å². The molecule has 0 aromatic heterocycles. The lowest BCUT2D eigenvalue weighted by Crippen LogP contribution is -2.51. The Kier molecular flexibility index (Phi) is 5.22. The summed E-state index contributed by atoms with van der Waals surface area (Å²) in [5, 5.41) is 3.36. The van der Waals surface area contributed by atoms with Gasteiger partial charge < -0.3 is 15.0 Å². The van der Waals surface area contributed by atoms with Crippen LogP contribution in [0.15, 0.2) is 0 Å². The molecule has 4 nitrogen and oxygen atoms in total. The van der Waals surface area contributed by atoms with Crippen LogP contribution in [0.25, 0.3) is 0 Å². The summed E-state index contributed by atoms with van der Waals surface area (Å²) in [5.41, 5.74) is -0.0936. The maximum atomic E-state index is 12.8. The van der Waals surface area contributed by atoms with Crippen LogP contribution < -0.4 is 5.32 Å². The van der Waals surface area contributed by atoms with Gasteiger partial charge in [0.25, 0.3) is 0 Å². The van der Waals surface area contributed by atoms with Gasteiger partial charge in [-0.05, 0) is 52.1 Å². The van der Waals surface area contributed by atoms with Crippen LogP contribution in [0.3, 0.4) is 0 Å². The van der Waals surface area contributed by atoms with Gasteiger partial charge in [0.15, 0.2) is 0 Å². The summed E-state index contributed by atoms with van der Waals surface area (Å²) in [6.07, 6.45) is 5.31. The molecule has 0 atom stereocenters. The molecule has 2 saturated heterocycles. The fourth-order valence-electron chi connectivity index (χ4n) is 3.42. The van der Waals surface area contributed by atoms with Crippen molar-refractivity contribution in [3.63, 3.8) is 0 Å². The average Bonchev–Trinajstić information content (AvgIpc) is 2.48. The zero-order chi connectivity index (χ0) is 13.7. The van der Waals surface area contributed by atoms with Crippen molar-refractivity contribution >= 4 is 5.91 Å². The highest BCUT2D eigenvalue weighted by molar-refractivity contribution is 5.83. The molecule has 110 valence electrons. The number of rotatable bonds is 4. The molecule has 2 aliphatic rings. The first-order valence-electron chi connectivity index (χ1n) is 7.83. The number of nitrogens with zero attached hydrogens (tertiary/aromatic N) is 1. The van der Waals surface area contributed by atoms with E-state index in [1.54, 1.807) is 0 Å². The van der Waals surface area contributed by atoms with Crippen molar-refractivity contribution in [1.82, 2.24) is 10.2 Å². The number of ether oxygens (including phenoxy) is 1. The topological polar surface area (TPSA) is 41.6 Å². The third-order valence-corrected chi connectivity index (χ3v) is 4.82. The minimum absolute atomic E-state index is 0.0936. The van der Waals surface area contributed by atoms with Crippen LogP contribution in [0.5, 0.6) is 0 Å². The molecule has 2 fully saturated rings. The first-order valence-corrected chi connectivity index (χ1v) is 7.83. The van der Waals surface area contributed by atoms with Gasteiger partial charge in [0.05, 0.1) is 11.5 Å². The van der Waals surface area contributed by atoms with E-state index in [2.05, 4.69) is 17.1 Å². The van der Waals surface area contributed by atoms with Crippen molar-refractivity contribution in [2.45, 2.75) is 52.1 Å². The quantitative estimate of drug-likeness (QED) is 0.845. The van der Waals surface area contributed by atoms with E-state index in [9.17, 15) is 4.79 Å². The lowest BCUT2D eigenvalue weighted by molar-refractivity contribution is -0.146. The number of carbonyl (C=O) groups is 1. The Morgan fingerprint density at radius 3 is 2.42 bits per heavy atom. The molecular weight excluding hydrogens is 240 g/mol. The molecule has 0 aromatic carbocycles. The van der Waals surface area contributed by atoms with E-state index in [-0.39, 0.29) is 5.41 Å². The van der Waals surface area contributed by atoms with Gasteiger partial charge in [-0.3, -0.25) is 4.79 Å². The molecule has 0 spiro atoms. The summed E-state index contributed by atoms with van der Waals surface area (Å²) in [6.45, 7) is 8.69. The normalized spacial score (nSPS) is 24.4. The number of amides is 1. The number of likely N-dealkylation sites (tertiary alicyclic amines) is 1. The molecule has 0 aliphatic carbocycles. The zero-order valence-electron chi connectivity index (χ0n) is 12.4. The van der Waals surface area contributed by atoms with Gasteiger partial charge in [0.1, 0.15) is 0 Å². The van der Waals surface area contributed by atoms with Gasteiger partial charge in [-0.2, -0.15) is 0 Å². The van der Waals surface area contributed by atoms with Crippen LogP contribution in [0.1, 0.15) is 46.0 Å². The van der Waals surface area contributed by atoms with E-state index in [4.69, 9.17) is 4.74 Å². The van der Waals surface area contributed by atoms with Crippen LogP contribution in [0, 0.1) is 5.41 Å². The Labute approximate surface area is 116 Å². The van der Waals surface area contributed by atoms with E-state index < -0.39 is 0 Å². The van der Waals surface area contributed by atoms with Crippen molar-refractivity contribution in [2.75, 3.05) is 32.8 Å². The number of carbonyl (C=O) groups excluding carboxylic acids is 1. The molecule has 19 heavy (non-hydrogen) atoms. The first-order chi connectivity index (χ1) is 9.22. The van der Waals surface area contributed by atoms with Crippen molar-refractivity contribution in [3.05, 3.63) is 0 Å². The van der Waals surface area contributed by atoms with Gasteiger partial charge >= 0.3 is 0 Å². The SMILES string of the molecule is CCOC1CCN(C(=O)C2(CC)CCNCC2)CC1. The van der Waals surface area contributed by atoms with Crippen LogP contribution in [0.2, 0.25) is 0 Å². The summed E-state index contributed by atoms with van der Waals surface area (Å²) in [4.78, 5) is 14.9. The lowest BCUT2D eigenvalue weighted by Gasteiger charge is -2.41. The Balaban J connectivity index is 1.92. The van der Waals surface area contributed by atoms with Gasteiger partial charge in [0, 0.05) is 19.7 Å². The predicted molar refractivity (Wildman–Crippen MR) is 76.1 cm³/mol. The van der Waals surface area contributed by atoms with Gasteiger partial charge in [0.2, 0.25) is 5.91 Å². The summed E-state index contributed by atoms with van der Waals surface area (Å²) in [7, 11) is 0. The molecule has 4 heteroatoms. The highest BCUT2D eigenvalue weighted by Crippen LogP contribution is 2.35. The summed E-state index contributed by atoms with van der Waals surface area (Å²) in [6, 6.07) is 0. The maximum absolute atomic E-state index is 12.8. The van der Waals surface area contributed by atoms with Crippen LogP contribution in [-0.2, 0) is 9.53 Å². The zero-order valence-corrected chi connectivity index (χ0v) is 12.4. The van der Waals surface area contributed by atoms with Crippen LogP contribution >= 0.6 is 0 Å². The molecular formula is C15H28N2O2. The summed E-state index contributed by atoms with van der Waals surface area (Å²) >= 11 is 0. The summed E-state index contributed by atoms with van der Waals surface area (Å²) in [5.74, 6) is 0.395. The Morgan fingerprint density at radius 1 is 1.26 bits per heavy atom. The predicted octanol–water partition coefficient (Wildman–Crippen LogP) is 1.79. The van der Waals surface area contributed by atoms with Gasteiger partial charge in [-0.25, -0.2) is 0 Å². The van der Waals surface area contributed by atoms with E-state index in [0.717, 1.165) is 64.9 Å². The first kappa shape index (κ1) is 14.8. The molecule has 2 heterocycles. The van der Waals surface area contributed by atoms with Crippen LogP contribution in [0.4, 0.5) is 0 Å². The average molecular weight is 268 g/mol. The van der Waals surface area contributed by atoms with Crippen molar-refractivity contribution in [2.24, 2.45) is 5.41 Å². The number of hydrogen-bond donors (Lipinski definition) is 1. The lowest BCUT2D eigenvalue weighted by atomic mass is 9.75. The highest BCUT2D eigenvalue weighted by atomic mass is 16.5. The fraction of sp³-hybridized carbons (Fsp3) is 0.933. The highest BCUT2D eigenvalue weighted by Gasteiger charge is 2.41. The minimum atomic E-state index is -0.0936. The van der Waals surface area contributed by atoms with E-state index in [1.165, 1.54) is 0 Å². The van der Waals surface area contributed by atoms with Crippen molar-refractivity contribution in [1.29, 1.82) is 0 Å². The number of piperidine rings is 2. The summed E-state index contributed by atoms with van der Waals surface area (Å²) < 4.78 is 5.66. The van der Waals surface area contributed by atoms with E-state index >= 15 is 0 Å².